The van der Waals surface area contributed by atoms with Gasteiger partial charge < -0.3 is 5.11 Å². The largest absolute Gasteiger partial charge is 0.389 e. The van der Waals surface area contributed by atoms with E-state index < -0.39 is 5.60 Å². The lowest BCUT2D eigenvalue weighted by Gasteiger charge is -2.37. The Bertz CT molecular complexity index is 380. The van der Waals surface area contributed by atoms with E-state index in [1.807, 2.05) is 45.9 Å². The minimum absolute atomic E-state index is 0.177. The van der Waals surface area contributed by atoms with Gasteiger partial charge in [0.05, 0.1) is 5.60 Å². The Morgan fingerprint density at radius 2 is 1.81 bits per heavy atom. The molecule has 16 heavy (non-hydrogen) atoms. The lowest BCUT2D eigenvalue weighted by molar-refractivity contribution is -0.0405. The number of aliphatic hydroxyl groups is 1. The minimum atomic E-state index is -0.773. The maximum atomic E-state index is 10.4. The van der Waals surface area contributed by atoms with Crippen LogP contribution in [0.15, 0.2) is 22.7 Å². The maximum absolute atomic E-state index is 10.4. The van der Waals surface area contributed by atoms with Crippen molar-refractivity contribution in [2.75, 3.05) is 0 Å². The van der Waals surface area contributed by atoms with Gasteiger partial charge in [-0.2, -0.15) is 0 Å². The van der Waals surface area contributed by atoms with E-state index in [9.17, 15) is 5.11 Å². The average Bonchev–Trinajstić information content (AvgIpc) is 2.08. The Morgan fingerprint density at radius 1 is 1.25 bits per heavy atom. The van der Waals surface area contributed by atoms with Gasteiger partial charge in [-0.3, -0.25) is 0 Å². The Hall–Kier alpha value is -0.0500. The fourth-order valence-electron chi connectivity index (χ4n) is 1.30. The van der Waals surface area contributed by atoms with Crippen LogP contribution in [0.1, 0.15) is 33.3 Å². The Morgan fingerprint density at radius 3 is 2.25 bits per heavy atom. The van der Waals surface area contributed by atoms with Crippen LogP contribution in [0.4, 0.5) is 0 Å². The van der Waals surface area contributed by atoms with E-state index in [1.165, 1.54) is 0 Å². The molecule has 0 bridgehead atoms. The molecule has 3 heteroatoms. The molecule has 0 amide bonds. The summed E-state index contributed by atoms with van der Waals surface area (Å²) in [7, 11) is 0. The smallest absolute Gasteiger partial charge is 0.0708 e. The van der Waals surface area contributed by atoms with Gasteiger partial charge in [0, 0.05) is 15.9 Å². The second-order valence-corrected chi connectivity index (χ2v) is 6.76. The lowest BCUT2D eigenvalue weighted by Crippen LogP contribution is -2.41. The van der Waals surface area contributed by atoms with Crippen molar-refractivity contribution in [1.82, 2.24) is 0 Å². The first-order valence-electron chi connectivity index (χ1n) is 5.30. The van der Waals surface area contributed by atoms with Gasteiger partial charge in [-0.1, -0.05) is 54.4 Å². The summed E-state index contributed by atoms with van der Waals surface area (Å²) >= 11 is 9.51. The lowest BCUT2D eigenvalue weighted by atomic mass is 9.74. The highest BCUT2D eigenvalue weighted by Gasteiger charge is 2.35. The molecule has 1 aromatic carbocycles. The Kier molecular flexibility index (Phi) is 4.09. The zero-order valence-corrected chi connectivity index (χ0v) is 12.5. The molecule has 0 fully saturated rings. The molecule has 1 aromatic rings. The van der Waals surface area contributed by atoms with Crippen molar-refractivity contribution < 1.29 is 5.11 Å². The summed E-state index contributed by atoms with van der Waals surface area (Å²) in [5, 5.41) is 11.1. The van der Waals surface area contributed by atoms with E-state index in [-0.39, 0.29) is 5.41 Å². The summed E-state index contributed by atoms with van der Waals surface area (Å²) in [6.45, 7) is 7.94. The van der Waals surface area contributed by atoms with Crippen molar-refractivity contribution in [2.24, 2.45) is 5.41 Å². The fraction of sp³-hybridized carbons (Fsp3) is 0.538. The van der Waals surface area contributed by atoms with E-state index in [0.29, 0.717) is 11.4 Å². The third kappa shape index (κ3) is 3.22. The number of benzene rings is 1. The first-order valence-corrected chi connectivity index (χ1v) is 6.47. The van der Waals surface area contributed by atoms with E-state index >= 15 is 0 Å². The van der Waals surface area contributed by atoms with Crippen LogP contribution in [0.2, 0.25) is 5.02 Å². The first-order chi connectivity index (χ1) is 7.13. The molecule has 1 nitrogen and oxygen atoms in total. The van der Waals surface area contributed by atoms with Gasteiger partial charge >= 0.3 is 0 Å². The van der Waals surface area contributed by atoms with Crippen LogP contribution in [0.3, 0.4) is 0 Å². The monoisotopic (exact) mass is 304 g/mol. The summed E-state index contributed by atoms with van der Waals surface area (Å²) in [5.41, 5.74) is 0.0261. The Balaban J connectivity index is 2.97. The van der Waals surface area contributed by atoms with Gasteiger partial charge in [0.25, 0.3) is 0 Å². The summed E-state index contributed by atoms with van der Waals surface area (Å²) in [6, 6.07) is 5.75. The number of rotatable bonds is 2. The molecule has 0 saturated carbocycles. The van der Waals surface area contributed by atoms with Gasteiger partial charge in [0.1, 0.15) is 0 Å². The fourth-order valence-corrected chi connectivity index (χ4v) is 2.04. The van der Waals surface area contributed by atoms with E-state index in [0.717, 1.165) is 10.0 Å². The normalized spacial score (nSPS) is 15.9. The van der Waals surface area contributed by atoms with Crippen LogP contribution < -0.4 is 0 Å². The van der Waals surface area contributed by atoms with Gasteiger partial charge in [0.15, 0.2) is 0 Å². The topological polar surface area (TPSA) is 20.2 Å². The molecular formula is C13H18BrClO. The SMILES string of the molecule is CC(C)(C)C(C)(O)Cc1ccc(Br)cc1Cl. The molecule has 0 aromatic heterocycles. The van der Waals surface area contributed by atoms with Crippen molar-refractivity contribution in [3.8, 4) is 0 Å². The molecule has 0 aliphatic heterocycles. The molecule has 0 spiro atoms. The van der Waals surface area contributed by atoms with Gasteiger partial charge in [0.2, 0.25) is 0 Å². The highest BCUT2D eigenvalue weighted by molar-refractivity contribution is 9.10. The average molecular weight is 306 g/mol. The van der Waals surface area contributed by atoms with Crippen molar-refractivity contribution in [3.63, 3.8) is 0 Å². The number of halogens is 2. The van der Waals surface area contributed by atoms with E-state index in [4.69, 9.17) is 11.6 Å². The summed E-state index contributed by atoms with van der Waals surface area (Å²) in [4.78, 5) is 0. The van der Waals surface area contributed by atoms with Crippen LogP contribution in [-0.2, 0) is 6.42 Å². The highest BCUT2D eigenvalue weighted by Crippen LogP contribution is 2.35. The summed E-state index contributed by atoms with van der Waals surface area (Å²) < 4.78 is 0.955. The van der Waals surface area contributed by atoms with Gasteiger partial charge in [-0.25, -0.2) is 0 Å². The molecule has 1 atom stereocenters. The highest BCUT2D eigenvalue weighted by atomic mass is 79.9. The zero-order valence-electron chi connectivity index (χ0n) is 10.1. The minimum Gasteiger partial charge on any atom is -0.389 e. The quantitative estimate of drug-likeness (QED) is 0.856. The molecule has 0 aliphatic rings. The zero-order chi connectivity index (χ0) is 12.6. The van der Waals surface area contributed by atoms with E-state index in [1.54, 1.807) is 0 Å². The predicted octanol–water partition coefficient (Wildman–Crippen LogP) is 4.44. The van der Waals surface area contributed by atoms with Crippen molar-refractivity contribution in [2.45, 2.75) is 39.7 Å². The second-order valence-electron chi connectivity index (χ2n) is 5.44. The van der Waals surface area contributed by atoms with E-state index in [2.05, 4.69) is 15.9 Å². The first kappa shape index (κ1) is 14.0. The van der Waals surface area contributed by atoms with Crippen molar-refractivity contribution in [1.29, 1.82) is 0 Å². The summed E-state index contributed by atoms with van der Waals surface area (Å²) in [6.07, 6.45) is 0.558. The van der Waals surface area contributed by atoms with Crippen LogP contribution in [0.25, 0.3) is 0 Å². The third-order valence-corrected chi connectivity index (χ3v) is 4.01. The van der Waals surface area contributed by atoms with Crippen LogP contribution >= 0.6 is 27.5 Å². The van der Waals surface area contributed by atoms with Crippen molar-refractivity contribution >= 4 is 27.5 Å². The maximum Gasteiger partial charge on any atom is 0.0708 e. The van der Waals surface area contributed by atoms with Crippen LogP contribution in [0, 0.1) is 5.41 Å². The third-order valence-electron chi connectivity index (χ3n) is 3.17. The van der Waals surface area contributed by atoms with Crippen LogP contribution in [-0.4, -0.2) is 10.7 Å². The molecule has 0 radical (unpaired) electrons. The van der Waals surface area contributed by atoms with Crippen LogP contribution in [0.5, 0.6) is 0 Å². The number of hydrogen-bond acceptors (Lipinski definition) is 1. The molecular weight excluding hydrogens is 287 g/mol. The standard InChI is InChI=1S/C13H18BrClO/c1-12(2,3)13(4,16)8-9-5-6-10(14)7-11(9)15/h5-7,16H,8H2,1-4H3. The predicted molar refractivity (Wildman–Crippen MR) is 72.9 cm³/mol. The molecule has 1 unspecified atom stereocenters. The molecule has 90 valence electrons. The van der Waals surface area contributed by atoms with Crippen molar-refractivity contribution in [3.05, 3.63) is 33.3 Å². The molecule has 0 saturated heterocycles. The molecule has 0 aliphatic carbocycles. The summed E-state index contributed by atoms with van der Waals surface area (Å²) in [5.74, 6) is 0. The Labute approximate surface area is 111 Å². The second kappa shape index (κ2) is 4.67. The van der Waals surface area contributed by atoms with Gasteiger partial charge in [-0.15, -0.1) is 0 Å². The number of hydrogen-bond donors (Lipinski definition) is 1. The molecule has 1 N–H and O–H groups in total. The molecule has 0 heterocycles. The van der Waals surface area contributed by atoms with Gasteiger partial charge in [-0.05, 0) is 30.0 Å². The molecule has 1 rings (SSSR count).